The maximum absolute atomic E-state index is 4.48. The summed E-state index contributed by atoms with van der Waals surface area (Å²) >= 11 is 3.55. The van der Waals surface area contributed by atoms with Crippen LogP contribution in [0.4, 0.5) is 5.69 Å². The van der Waals surface area contributed by atoms with Crippen molar-refractivity contribution in [1.82, 2.24) is 10.2 Å². The number of likely N-dealkylation sites (N-methyl/N-ethyl adjacent to an activating group) is 1. The summed E-state index contributed by atoms with van der Waals surface area (Å²) in [6.45, 7) is 5.25. The molecule has 2 aliphatic rings. The van der Waals surface area contributed by atoms with Crippen LogP contribution in [0.1, 0.15) is 6.42 Å². The summed E-state index contributed by atoms with van der Waals surface area (Å²) in [7, 11) is 2.10. The fourth-order valence-electron chi connectivity index (χ4n) is 2.87. The van der Waals surface area contributed by atoms with Crippen LogP contribution >= 0.6 is 15.9 Å². The summed E-state index contributed by atoms with van der Waals surface area (Å²) in [5, 5.41) is 3.50. The molecule has 0 saturated carbocycles. The van der Waals surface area contributed by atoms with Gasteiger partial charge in [-0.1, -0.05) is 22.0 Å². The molecule has 4 nitrogen and oxygen atoms in total. The fourth-order valence-corrected chi connectivity index (χ4v) is 3.25. The van der Waals surface area contributed by atoms with Crippen LogP contribution in [0.5, 0.6) is 0 Å². The summed E-state index contributed by atoms with van der Waals surface area (Å²) in [4.78, 5) is 9.14. The van der Waals surface area contributed by atoms with Crippen LogP contribution in [0.2, 0.25) is 0 Å². The van der Waals surface area contributed by atoms with Gasteiger partial charge in [0.25, 0.3) is 0 Å². The SMILES string of the molecule is CN1CCN=C1NCC1CCN(c2cccc(Br)c2)C1. The minimum atomic E-state index is 0.700. The predicted molar refractivity (Wildman–Crippen MR) is 87.4 cm³/mol. The van der Waals surface area contributed by atoms with Gasteiger partial charge in [0, 0.05) is 43.4 Å². The number of hydrogen-bond acceptors (Lipinski definition) is 4. The van der Waals surface area contributed by atoms with Crippen LogP contribution in [0.15, 0.2) is 33.7 Å². The van der Waals surface area contributed by atoms with E-state index in [1.807, 2.05) is 0 Å². The average molecular weight is 337 g/mol. The van der Waals surface area contributed by atoms with Gasteiger partial charge in [0.15, 0.2) is 5.96 Å². The molecule has 5 heteroatoms. The zero-order valence-corrected chi connectivity index (χ0v) is 13.4. The van der Waals surface area contributed by atoms with Crippen molar-refractivity contribution in [2.24, 2.45) is 10.9 Å². The van der Waals surface area contributed by atoms with Gasteiger partial charge in [-0.25, -0.2) is 0 Å². The van der Waals surface area contributed by atoms with E-state index in [-0.39, 0.29) is 0 Å². The highest BCUT2D eigenvalue weighted by Gasteiger charge is 2.23. The van der Waals surface area contributed by atoms with Crippen molar-refractivity contribution in [2.75, 3.05) is 44.7 Å². The molecule has 2 aliphatic heterocycles. The van der Waals surface area contributed by atoms with Gasteiger partial charge < -0.3 is 15.1 Å². The van der Waals surface area contributed by atoms with E-state index in [4.69, 9.17) is 0 Å². The van der Waals surface area contributed by atoms with Crippen molar-refractivity contribution in [2.45, 2.75) is 6.42 Å². The number of hydrogen-bond donors (Lipinski definition) is 1. The minimum Gasteiger partial charge on any atom is -0.371 e. The van der Waals surface area contributed by atoms with E-state index in [0.717, 1.165) is 43.2 Å². The van der Waals surface area contributed by atoms with E-state index in [1.165, 1.54) is 12.1 Å². The predicted octanol–water partition coefficient (Wildman–Crippen LogP) is 2.17. The largest absolute Gasteiger partial charge is 0.371 e. The van der Waals surface area contributed by atoms with Crippen molar-refractivity contribution in [1.29, 1.82) is 0 Å². The lowest BCUT2D eigenvalue weighted by Crippen LogP contribution is -2.38. The molecule has 1 aromatic rings. The van der Waals surface area contributed by atoms with Gasteiger partial charge in [-0.15, -0.1) is 0 Å². The molecule has 0 aromatic heterocycles. The Morgan fingerprint density at radius 3 is 3.05 bits per heavy atom. The van der Waals surface area contributed by atoms with Crippen molar-refractivity contribution in [3.8, 4) is 0 Å². The third-order valence-electron chi connectivity index (χ3n) is 4.07. The first-order chi connectivity index (χ1) is 9.72. The third-order valence-corrected chi connectivity index (χ3v) is 4.56. The molecule has 2 heterocycles. The minimum absolute atomic E-state index is 0.700. The first-order valence-corrected chi connectivity index (χ1v) is 8.01. The molecular formula is C15H21BrN4. The summed E-state index contributed by atoms with van der Waals surface area (Å²) in [5.41, 5.74) is 1.32. The Morgan fingerprint density at radius 2 is 2.30 bits per heavy atom. The number of rotatable bonds is 3. The lowest BCUT2D eigenvalue weighted by atomic mass is 10.1. The number of halogens is 1. The molecule has 3 rings (SSSR count). The number of guanidine groups is 1. The number of benzene rings is 1. The first-order valence-electron chi connectivity index (χ1n) is 7.22. The summed E-state index contributed by atoms with van der Waals surface area (Å²) in [5.74, 6) is 1.76. The zero-order chi connectivity index (χ0) is 13.9. The van der Waals surface area contributed by atoms with Crippen LogP contribution < -0.4 is 10.2 Å². The normalized spacial score (nSPS) is 22.3. The summed E-state index contributed by atoms with van der Waals surface area (Å²) < 4.78 is 1.15. The fraction of sp³-hybridized carbons (Fsp3) is 0.533. The Labute approximate surface area is 129 Å². The molecular weight excluding hydrogens is 316 g/mol. The van der Waals surface area contributed by atoms with Crippen LogP contribution in [0.25, 0.3) is 0 Å². The smallest absolute Gasteiger partial charge is 0.193 e. The molecule has 1 atom stereocenters. The Kier molecular flexibility index (Phi) is 4.15. The Balaban J connectivity index is 1.52. The van der Waals surface area contributed by atoms with Gasteiger partial charge in [0.05, 0.1) is 6.54 Å². The van der Waals surface area contributed by atoms with E-state index in [9.17, 15) is 0 Å². The number of nitrogens with one attached hydrogen (secondary N) is 1. The Hall–Kier alpha value is -1.23. The molecule has 1 N–H and O–H groups in total. The van der Waals surface area contributed by atoms with E-state index in [1.54, 1.807) is 0 Å². The van der Waals surface area contributed by atoms with Gasteiger partial charge in [-0.05, 0) is 30.5 Å². The number of anilines is 1. The standard InChI is InChI=1S/C15H21BrN4/c1-19-8-6-17-15(19)18-10-12-5-7-20(11-12)14-4-2-3-13(16)9-14/h2-4,9,12H,5-8,10-11H2,1H3,(H,17,18). The number of nitrogens with zero attached hydrogens (tertiary/aromatic N) is 3. The van der Waals surface area contributed by atoms with Crippen LogP contribution in [-0.2, 0) is 0 Å². The lowest BCUT2D eigenvalue weighted by molar-refractivity contribution is 0.508. The third kappa shape index (κ3) is 3.08. The zero-order valence-electron chi connectivity index (χ0n) is 11.8. The molecule has 0 spiro atoms. The molecule has 1 aromatic carbocycles. The highest BCUT2D eigenvalue weighted by molar-refractivity contribution is 9.10. The van der Waals surface area contributed by atoms with Crippen molar-refractivity contribution in [3.63, 3.8) is 0 Å². The van der Waals surface area contributed by atoms with E-state index in [0.29, 0.717) is 5.92 Å². The van der Waals surface area contributed by atoms with Gasteiger partial charge in [0.1, 0.15) is 0 Å². The van der Waals surface area contributed by atoms with Gasteiger partial charge in [-0.3, -0.25) is 4.99 Å². The van der Waals surface area contributed by atoms with Crippen LogP contribution in [-0.4, -0.2) is 50.6 Å². The second-order valence-corrected chi connectivity index (χ2v) is 6.50. The molecule has 1 fully saturated rings. The molecule has 0 amide bonds. The molecule has 20 heavy (non-hydrogen) atoms. The molecule has 0 aliphatic carbocycles. The molecule has 0 bridgehead atoms. The van der Waals surface area contributed by atoms with E-state index >= 15 is 0 Å². The molecule has 0 radical (unpaired) electrons. The summed E-state index contributed by atoms with van der Waals surface area (Å²) in [6, 6.07) is 8.57. The highest BCUT2D eigenvalue weighted by Crippen LogP contribution is 2.25. The first kappa shape index (κ1) is 13.7. The molecule has 108 valence electrons. The van der Waals surface area contributed by atoms with Gasteiger partial charge in [-0.2, -0.15) is 0 Å². The molecule has 1 unspecified atom stereocenters. The van der Waals surface area contributed by atoms with Crippen molar-refractivity contribution < 1.29 is 0 Å². The van der Waals surface area contributed by atoms with Gasteiger partial charge >= 0.3 is 0 Å². The molecule has 1 saturated heterocycles. The van der Waals surface area contributed by atoms with Crippen LogP contribution in [0.3, 0.4) is 0 Å². The highest BCUT2D eigenvalue weighted by atomic mass is 79.9. The van der Waals surface area contributed by atoms with Gasteiger partial charge in [0.2, 0.25) is 0 Å². The second kappa shape index (κ2) is 6.04. The maximum atomic E-state index is 4.48. The van der Waals surface area contributed by atoms with Crippen LogP contribution in [0, 0.1) is 5.92 Å². The van der Waals surface area contributed by atoms with E-state index in [2.05, 4.69) is 67.4 Å². The van der Waals surface area contributed by atoms with Crippen molar-refractivity contribution in [3.05, 3.63) is 28.7 Å². The van der Waals surface area contributed by atoms with E-state index < -0.39 is 0 Å². The Morgan fingerprint density at radius 1 is 1.40 bits per heavy atom. The quantitative estimate of drug-likeness (QED) is 0.917. The Bertz CT molecular complexity index is 502. The average Bonchev–Trinajstić information content (AvgIpc) is 3.05. The second-order valence-electron chi connectivity index (χ2n) is 5.59. The monoisotopic (exact) mass is 336 g/mol. The summed E-state index contributed by atoms with van der Waals surface area (Å²) in [6.07, 6.45) is 1.25. The van der Waals surface area contributed by atoms with Crippen molar-refractivity contribution >= 4 is 27.6 Å². The lowest BCUT2D eigenvalue weighted by Gasteiger charge is -2.20. The topological polar surface area (TPSA) is 30.9 Å². The maximum Gasteiger partial charge on any atom is 0.193 e. The number of aliphatic imine (C=N–C) groups is 1.